The van der Waals surface area contributed by atoms with Gasteiger partial charge in [0.25, 0.3) is 0 Å². The Morgan fingerprint density at radius 1 is 1.43 bits per heavy atom. The van der Waals surface area contributed by atoms with Gasteiger partial charge < -0.3 is 9.15 Å². The Kier molecular flexibility index (Phi) is 4.61. The zero-order valence-corrected chi connectivity index (χ0v) is 14.2. The molecule has 1 fully saturated rings. The highest BCUT2D eigenvalue weighted by Crippen LogP contribution is 2.29. The molecule has 1 atom stereocenters. The lowest BCUT2D eigenvalue weighted by Gasteiger charge is -2.14. The van der Waals surface area contributed by atoms with Crippen LogP contribution in [0.25, 0.3) is 11.0 Å². The van der Waals surface area contributed by atoms with Gasteiger partial charge in [0.15, 0.2) is 11.3 Å². The van der Waals surface area contributed by atoms with Crippen molar-refractivity contribution in [2.24, 2.45) is 0 Å². The van der Waals surface area contributed by atoms with E-state index < -0.39 is 10.0 Å². The quantitative estimate of drug-likeness (QED) is 0.872. The molecule has 3 rings (SSSR count). The molecule has 2 aromatic rings. The molecule has 7 heteroatoms. The third kappa shape index (κ3) is 3.36. The minimum atomic E-state index is -3.21. The Bertz CT molecular complexity index is 784. The van der Waals surface area contributed by atoms with Gasteiger partial charge in [0.1, 0.15) is 5.76 Å². The Morgan fingerprint density at radius 3 is 3.00 bits per heavy atom. The number of nitrogens with one attached hydrogen (secondary N) is 1. The number of para-hydroxylation sites is 1. The number of rotatable bonds is 6. The Labute approximate surface area is 136 Å². The van der Waals surface area contributed by atoms with Crippen LogP contribution in [0.2, 0.25) is 0 Å². The molecular weight excluding hydrogens is 316 g/mol. The van der Waals surface area contributed by atoms with Crippen LogP contribution in [0, 0.1) is 0 Å². The Balaban J connectivity index is 1.71. The maximum Gasteiger partial charge on any atom is 0.215 e. The predicted octanol–water partition coefficient (Wildman–Crippen LogP) is 1.95. The molecule has 6 nitrogen and oxygen atoms in total. The number of hydrogen-bond donors (Lipinski definition) is 1. The van der Waals surface area contributed by atoms with E-state index in [4.69, 9.17) is 9.15 Å². The average molecular weight is 338 g/mol. The molecule has 1 aliphatic heterocycles. The van der Waals surface area contributed by atoms with Gasteiger partial charge in [-0.1, -0.05) is 19.1 Å². The lowest BCUT2D eigenvalue weighted by molar-refractivity contribution is 0.300. The summed E-state index contributed by atoms with van der Waals surface area (Å²) in [6.07, 6.45) is 0.652. The summed E-state index contributed by atoms with van der Waals surface area (Å²) in [4.78, 5) is 2.11. The summed E-state index contributed by atoms with van der Waals surface area (Å²) in [6.45, 7) is 4.12. The molecule has 1 N–H and O–H groups in total. The van der Waals surface area contributed by atoms with E-state index in [0.717, 1.165) is 23.3 Å². The van der Waals surface area contributed by atoms with Gasteiger partial charge in [0.05, 0.1) is 18.9 Å². The fourth-order valence-electron chi connectivity index (χ4n) is 3.06. The van der Waals surface area contributed by atoms with Crippen molar-refractivity contribution in [1.82, 2.24) is 9.62 Å². The summed E-state index contributed by atoms with van der Waals surface area (Å²) in [7, 11) is -1.59. The molecule has 1 aliphatic rings. The number of ether oxygens (including phenoxy) is 1. The zero-order valence-electron chi connectivity index (χ0n) is 13.4. The highest BCUT2D eigenvalue weighted by Gasteiger charge is 2.32. The van der Waals surface area contributed by atoms with Crippen LogP contribution < -0.4 is 9.46 Å². The van der Waals surface area contributed by atoms with E-state index in [1.165, 1.54) is 0 Å². The molecule has 126 valence electrons. The van der Waals surface area contributed by atoms with Crippen LogP contribution in [0.1, 0.15) is 19.1 Å². The van der Waals surface area contributed by atoms with Gasteiger partial charge in [0.2, 0.25) is 10.0 Å². The summed E-state index contributed by atoms with van der Waals surface area (Å²) in [5.41, 5.74) is 0.737. The van der Waals surface area contributed by atoms with Gasteiger partial charge in [-0.05, 0) is 18.6 Å². The highest BCUT2D eigenvalue weighted by atomic mass is 32.2. The van der Waals surface area contributed by atoms with Crippen LogP contribution in [-0.2, 0) is 16.6 Å². The average Bonchev–Trinajstić information content (AvgIpc) is 3.13. The van der Waals surface area contributed by atoms with Crippen molar-refractivity contribution in [3.8, 4) is 5.75 Å². The van der Waals surface area contributed by atoms with Crippen molar-refractivity contribution in [3.05, 3.63) is 30.0 Å². The largest absolute Gasteiger partial charge is 0.493 e. The lowest BCUT2D eigenvalue weighted by Crippen LogP contribution is -2.36. The molecule has 0 bridgehead atoms. The predicted molar refractivity (Wildman–Crippen MR) is 89.0 cm³/mol. The number of nitrogens with zero attached hydrogens (tertiary/aromatic N) is 1. The van der Waals surface area contributed by atoms with Crippen molar-refractivity contribution in [1.29, 1.82) is 0 Å². The van der Waals surface area contributed by atoms with Crippen LogP contribution in [-0.4, -0.2) is 45.3 Å². The number of sulfonamides is 1. The van der Waals surface area contributed by atoms with Crippen LogP contribution in [0.5, 0.6) is 5.75 Å². The van der Waals surface area contributed by atoms with E-state index in [2.05, 4.69) is 9.62 Å². The van der Waals surface area contributed by atoms with Gasteiger partial charge in [-0.2, -0.15) is 0 Å². The van der Waals surface area contributed by atoms with Crippen molar-refractivity contribution >= 4 is 21.0 Å². The third-order valence-corrected chi connectivity index (χ3v) is 6.13. The summed E-state index contributed by atoms with van der Waals surface area (Å²) in [5, 5.41) is 0.650. The first kappa shape index (κ1) is 16.3. The summed E-state index contributed by atoms with van der Waals surface area (Å²) >= 11 is 0. The maximum absolute atomic E-state index is 12.1. The summed E-state index contributed by atoms with van der Waals surface area (Å²) in [6, 6.07) is 7.76. The maximum atomic E-state index is 12.1. The first-order valence-electron chi connectivity index (χ1n) is 7.79. The standard InChI is InChI=1S/C16H22N2O4S/c1-3-17-23(19,20)14-7-8-18(11-14)10-13-9-12-5-4-6-15(21-2)16(12)22-13/h4-6,9,14,17H,3,7-8,10-11H2,1-2H3/t14-/m0/s1. The summed E-state index contributed by atoms with van der Waals surface area (Å²) < 4.78 is 37.9. The highest BCUT2D eigenvalue weighted by molar-refractivity contribution is 7.90. The normalized spacial score (nSPS) is 19.5. The molecule has 0 amide bonds. The van der Waals surface area contributed by atoms with Crippen molar-refractivity contribution < 1.29 is 17.6 Å². The van der Waals surface area contributed by atoms with E-state index in [-0.39, 0.29) is 5.25 Å². The fraction of sp³-hybridized carbons (Fsp3) is 0.500. The molecule has 23 heavy (non-hydrogen) atoms. The summed E-state index contributed by atoms with van der Waals surface area (Å²) in [5.74, 6) is 1.54. The van der Waals surface area contributed by atoms with E-state index in [1.54, 1.807) is 14.0 Å². The lowest BCUT2D eigenvalue weighted by atomic mass is 10.2. The number of benzene rings is 1. The first-order chi connectivity index (χ1) is 11.0. The molecule has 0 spiro atoms. The molecule has 0 radical (unpaired) electrons. The second kappa shape index (κ2) is 6.51. The molecule has 1 saturated heterocycles. The van der Waals surface area contributed by atoms with Gasteiger partial charge in [-0.25, -0.2) is 13.1 Å². The third-order valence-electron chi connectivity index (χ3n) is 4.17. The van der Waals surface area contributed by atoms with E-state index in [1.807, 2.05) is 24.3 Å². The number of fused-ring (bicyclic) bond motifs is 1. The van der Waals surface area contributed by atoms with Crippen LogP contribution in [0.15, 0.2) is 28.7 Å². The van der Waals surface area contributed by atoms with Gasteiger partial charge >= 0.3 is 0 Å². The van der Waals surface area contributed by atoms with Crippen LogP contribution >= 0.6 is 0 Å². The smallest absolute Gasteiger partial charge is 0.215 e. The molecule has 1 aromatic carbocycles. The molecule has 0 unspecified atom stereocenters. The molecule has 0 aliphatic carbocycles. The number of likely N-dealkylation sites (tertiary alicyclic amines) is 1. The van der Waals surface area contributed by atoms with E-state index >= 15 is 0 Å². The van der Waals surface area contributed by atoms with Crippen molar-refractivity contribution in [2.75, 3.05) is 26.7 Å². The first-order valence-corrected chi connectivity index (χ1v) is 9.34. The number of furan rings is 1. The van der Waals surface area contributed by atoms with Crippen LogP contribution in [0.3, 0.4) is 0 Å². The fourth-order valence-corrected chi connectivity index (χ4v) is 4.52. The topological polar surface area (TPSA) is 71.8 Å². The molecule has 0 saturated carbocycles. The van der Waals surface area contributed by atoms with Crippen molar-refractivity contribution in [2.45, 2.75) is 25.1 Å². The number of methoxy groups -OCH3 is 1. The number of hydrogen-bond acceptors (Lipinski definition) is 5. The second-order valence-electron chi connectivity index (χ2n) is 5.78. The minimum Gasteiger partial charge on any atom is -0.493 e. The van der Waals surface area contributed by atoms with Gasteiger partial charge in [0, 0.05) is 25.0 Å². The molecule has 2 heterocycles. The Morgan fingerprint density at radius 2 is 2.26 bits per heavy atom. The second-order valence-corrected chi connectivity index (χ2v) is 7.83. The van der Waals surface area contributed by atoms with Gasteiger partial charge in [-0.3, -0.25) is 4.90 Å². The monoisotopic (exact) mass is 338 g/mol. The van der Waals surface area contributed by atoms with E-state index in [0.29, 0.717) is 31.8 Å². The Hall–Kier alpha value is -1.57. The SMILES string of the molecule is CCNS(=O)(=O)[C@H]1CCN(Cc2cc3cccc(OC)c3o2)C1. The minimum absolute atomic E-state index is 0.346. The molecular formula is C16H22N2O4S. The van der Waals surface area contributed by atoms with Crippen LogP contribution in [0.4, 0.5) is 0 Å². The molecule has 1 aromatic heterocycles. The van der Waals surface area contributed by atoms with Gasteiger partial charge in [-0.15, -0.1) is 0 Å². The zero-order chi connectivity index (χ0) is 16.4. The van der Waals surface area contributed by atoms with E-state index in [9.17, 15) is 8.42 Å². The van der Waals surface area contributed by atoms with Crippen molar-refractivity contribution in [3.63, 3.8) is 0 Å².